The van der Waals surface area contributed by atoms with Gasteiger partial charge in [-0.1, -0.05) is 58.3 Å². The van der Waals surface area contributed by atoms with E-state index in [9.17, 15) is 0 Å². The van der Waals surface area contributed by atoms with Crippen LogP contribution < -0.4 is 5.73 Å². The van der Waals surface area contributed by atoms with E-state index < -0.39 is 0 Å². The molecule has 1 aliphatic carbocycles. The van der Waals surface area contributed by atoms with Gasteiger partial charge in [-0.05, 0) is 19.3 Å². The molecule has 1 unspecified atom stereocenters. The van der Waals surface area contributed by atoms with E-state index in [2.05, 4.69) is 18.7 Å². The fraction of sp³-hybridized carbons (Fsp3) is 1.00. The molecule has 2 heteroatoms. The first-order valence-corrected chi connectivity index (χ1v) is 8.75. The summed E-state index contributed by atoms with van der Waals surface area (Å²) in [5, 5.41) is 0.926. The van der Waals surface area contributed by atoms with Crippen LogP contribution in [0.4, 0.5) is 0 Å². The summed E-state index contributed by atoms with van der Waals surface area (Å²) in [5.41, 5.74) is 6.18. The maximum absolute atomic E-state index is 6.18. The largest absolute Gasteiger partial charge is 0.327 e. The van der Waals surface area contributed by atoms with Crippen LogP contribution in [0.5, 0.6) is 0 Å². The van der Waals surface area contributed by atoms with Crippen molar-refractivity contribution in [3.8, 4) is 0 Å². The molecule has 0 aromatic heterocycles. The van der Waals surface area contributed by atoms with Crippen LogP contribution in [0.25, 0.3) is 0 Å². The Hall–Kier alpha value is 0.310. The number of rotatable bonds is 9. The molecule has 0 amide bonds. The Morgan fingerprint density at radius 1 is 1.06 bits per heavy atom. The van der Waals surface area contributed by atoms with Crippen molar-refractivity contribution in [2.24, 2.45) is 5.73 Å². The van der Waals surface area contributed by atoms with Crippen LogP contribution in [-0.2, 0) is 0 Å². The molecule has 1 nitrogen and oxygen atoms in total. The lowest BCUT2D eigenvalue weighted by atomic mass is 10.0. The normalized spacial score (nSPS) is 19.4. The second kappa shape index (κ2) is 10.3. The van der Waals surface area contributed by atoms with Gasteiger partial charge in [0.25, 0.3) is 0 Å². The molecule has 0 aliphatic heterocycles. The lowest BCUT2D eigenvalue weighted by molar-refractivity contribution is 0.514. The number of hydrogen-bond donors (Lipinski definition) is 1. The second-order valence-corrected chi connectivity index (χ2v) is 6.89. The molecule has 0 radical (unpaired) electrons. The standard InChI is InChI=1S/C15H31NS/c1-2-3-4-5-7-10-14(16)13-17-15-11-8-6-9-12-15/h14-15H,2-13,16H2,1H3. The van der Waals surface area contributed by atoms with Crippen molar-refractivity contribution in [3.05, 3.63) is 0 Å². The average Bonchev–Trinajstić information content (AvgIpc) is 2.37. The van der Waals surface area contributed by atoms with Gasteiger partial charge in [0, 0.05) is 17.0 Å². The highest BCUT2D eigenvalue weighted by Crippen LogP contribution is 2.28. The number of thioether (sulfide) groups is 1. The van der Waals surface area contributed by atoms with E-state index in [0.29, 0.717) is 6.04 Å². The van der Waals surface area contributed by atoms with E-state index in [1.54, 1.807) is 0 Å². The van der Waals surface area contributed by atoms with Gasteiger partial charge in [0.2, 0.25) is 0 Å². The molecule has 1 fully saturated rings. The first-order valence-electron chi connectivity index (χ1n) is 7.70. The van der Waals surface area contributed by atoms with E-state index in [-0.39, 0.29) is 0 Å². The Bertz CT molecular complexity index is 166. The van der Waals surface area contributed by atoms with Gasteiger partial charge in [-0.2, -0.15) is 11.8 Å². The minimum Gasteiger partial charge on any atom is -0.327 e. The van der Waals surface area contributed by atoms with Crippen LogP contribution >= 0.6 is 11.8 Å². The van der Waals surface area contributed by atoms with Crippen LogP contribution in [-0.4, -0.2) is 17.0 Å². The highest BCUT2D eigenvalue weighted by molar-refractivity contribution is 7.99. The molecule has 0 heterocycles. The Morgan fingerprint density at radius 2 is 1.76 bits per heavy atom. The molecule has 1 aliphatic rings. The number of nitrogens with two attached hydrogens (primary N) is 1. The van der Waals surface area contributed by atoms with E-state index in [1.165, 1.54) is 76.4 Å². The number of hydrogen-bond acceptors (Lipinski definition) is 2. The van der Waals surface area contributed by atoms with E-state index >= 15 is 0 Å². The van der Waals surface area contributed by atoms with Gasteiger partial charge < -0.3 is 5.73 Å². The Labute approximate surface area is 112 Å². The first-order chi connectivity index (χ1) is 8.33. The Kier molecular flexibility index (Phi) is 9.27. The lowest BCUT2D eigenvalue weighted by Gasteiger charge is -2.22. The van der Waals surface area contributed by atoms with E-state index in [1.807, 2.05) is 0 Å². The maximum atomic E-state index is 6.18. The van der Waals surface area contributed by atoms with Crippen molar-refractivity contribution in [2.45, 2.75) is 88.8 Å². The predicted octanol–water partition coefficient (Wildman–Crippen LogP) is 4.74. The van der Waals surface area contributed by atoms with E-state index in [4.69, 9.17) is 5.73 Å². The van der Waals surface area contributed by atoms with Crippen molar-refractivity contribution in [1.29, 1.82) is 0 Å². The summed E-state index contributed by atoms with van der Waals surface area (Å²) in [6.45, 7) is 2.27. The molecule has 1 rings (SSSR count). The SMILES string of the molecule is CCCCCCCC(N)CSC1CCCCC1. The van der Waals surface area contributed by atoms with Gasteiger partial charge >= 0.3 is 0 Å². The summed E-state index contributed by atoms with van der Waals surface area (Å²) in [7, 11) is 0. The Morgan fingerprint density at radius 3 is 2.47 bits per heavy atom. The highest BCUT2D eigenvalue weighted by atomic mass is 32.2. The van der Waals surface area contributed by atoms with E-state index in [0.717, 1.165) is 5.25 Å². The molecule has 0 saturated heterocycles. The topological polar surface area (TPSA) is 26.0 Å². The molecule has 1 atom stereocenters. The van der Waals surface area contributed by atoms with Crippen LogP contribution in [0.3, 0.4) is 0 Å². The molecular formula is C15H31NS. The van der Waals surface area contributed by atoms with Crippen LogP contribution in [0, 0.1) is 0 Å². The summed E-state index contributed by atoms with van der Waals surface area (Å²) in [4.78, 5) is 0. The maximum Gasteiger partial charge on any atom is 0.0130 e. The van der Waals surface area contributed by atoms with Gasteiger partial charge in [-0.3, -0.25) is 0 Å². The monoisotopic (exact) mass is 257 g/mol. The Balaban J connectivity index is 1.91. The third-order valence-electron chi connectivity index (χ3n) is 3.78. The number of unbranched alkanes of at least 4 members (excludes halogenated alkanes) is 4. The minimum absolute atomic E-state index is 0.448. The van der Waals surface area contributed by atoms with Crippen molar-refractivity contribution >= 4 is 11.8 Å². The van der Waals surface area contributed by atoms with Crippen molar-refractivity contribution in [3.63, 3.8) is 0 Å². The summed E-state index contributed by atoms with van der Waals surface area (Å²) in [6, 6.07) is 0.448. The van der Waals surface area contributed by atoms with Gasteiger partial charge in [-0.25, -0.2) is 0 Å². The smallest absolute Gasteiger partial charge is 0.0130 e. The average molecular weight is 257 g/mol. The van der Waals surface area contributed by atoms with Crippen molar-refractivity contribution in [1.82, 2.24) is 0 Å². The summed E-state index contributed by atoms with van der Waals surface area (Å²) < 4.78 is 0. The highest BCUT2D eigenvalue weighted by Gasteiger charge is 2.14. The fourth-order valence-electron chi connectivity index (χ4n) is 2.58. The molecule has 102 valence electrons. The van der Waals surface area contributed by atoms with Crippen LogP contribution in [0.2, 0.25) is 0 Å². The minimum atomic E-state index is 0.448. The summed E-state index contributed by atoms with van der Waals surface area (Å²) in [5.74, 6) is 1.19. The molecule has 0 aromatic carbocycles. The quantitative estimate of drug-likeness (QED) is 0.604. The van der Waals surface area contributed by atoms with Gasteiger partial charge in [0.05, 0.1) is 0 Å². The molecule has 0 aromatic rings. The molecule has 17 heavy (non-hydrogen) atoms. The third kappa shape index (κ3) is 8.10. The van der Waals surface area contributed by atoms with Crippen LogP contribution in [0.15, 0.2) is 0 Å². The summed E-state index contributed by atoms with van der Waals surface area (Å²) >= 11 is 2.15. The molecule has 2 N–H and O–H groups in total. The van der Waals surface area contributed by atoms with Gasteiger partial charge in [0.15, 0.2) is 0 Å². The summed E-state index contributed by atoms with van der Waals surface area (Å²) in [6.07, 6.45) is 15.3. The predicted molar refractivity (Wildman–Crippen MR) is 80.7 cm³/mol. The van der Waals surface area contributed by atoms with Crippen LogP contribution in [0.1, 0.15) is 77.6 Å². The third-order valence-corrected chi connectivity index (χ3v) is 5.34. The first kappa shape index (κ1) is 15.4. The molecular weight excluding hydrogens is 226 g/mol. The zero-order chi connectivity index (χ0) is 12.3. The van der Waals surface area contributed by atoms with Crippen molar-refractivity contribution in [2.75, 3.05) is 5.75 Å². The molecule has 1 saturated carbocycles. The molecule has 0 spiro atoms. The second-order valence-electron chi connectivity index (χ2n) is 5.56. The zero-order valence-electron chi connectivity index (χ0n) is 11.6. The van der Waals surface area contributed by atoms with Crippen molar-refractivity contribution < 1.29 is 0 Å². The van der Waals surface area contributed by atoms with Gasteiger partial charge in [0.1, 0.15) is 0 Å². The fourth-order valence-corrected chi connectivity index (χ4v) is 3.94. The lowest BCUT2D eigenvalue weighted by Crippen LogP contribution is -2.24. The van der Waals surface area contributed by atoms with Gasteiger partial charge in [-0.15, -0.1) is 0 Å². The zero-order valence-corrected chi connectivity index (χ0v) is 12.4. The molecule has 0 bridgehead atoms.